The van der Waals surface area contributed by atoms with Gasteiger partial charge in [-0.25, -0.2) is 26.3 Å². The minimum atomic E-state index is -0.908. The summed E-state index contributed by atoms with van der Waals surface area (Å²) in [5, 5.41) is 15.0. The third-order valence-corrected chi connectivity index (χ3v) is 15.4. The van der Waals surface area contributed by atoms with Crippen molar-refractivity contribution in [2.45, 2.75) is 157 Å². The lowest BCUT2D eigenvalue weighted by Gasteiger charge is -2.32. The molecule has 10 rings (SSSR count). The van der Waals surface area contributed by atoms with Crippen molar-refractivity contribution in [1.82, 2.24) is 0 Å². The van der Waals surface area contributed by atoms with Crippen molar-refractivity contribution in [3.05, 3.63) is 105 Å². The summed E-state index contributed by atoms with van der Waals surface area (Å²) in [6.07, 6.45) is 14.3. The van der Waals surface area contributed by atoms with E-state index >= 15 is 26.3 Å². The number of aryl methyl sites for hydroxylation is 6. The second-order valence-corrected chi connectivity index (χ2v) is 19.4. The molecule has 6 heteroatoms. The van der Waals surface area contributed by atoms with Crippen molar-refractivity contribution in [3.63, 3.8) is 0 Å². The highest BCUT2D eigenvalue weighted by Crippen LogP contribution is 2.59. The molecular weight excluding hydrogens is 835 g/mol. The predicted molar refractivity (Wildman–Crippen MR) is 269 cm³/mol. The summed E-state index contributed by atoms with van der Waals surface area (Å²) in [6, 6.07) is 8.51. The Kier molecular flexibility index (Phi) is 11.9. The van der Waals surface area contributed by atoms with Gasteiger partial charge in [-0.1, -0.05) is 80.1 Å². The first-order valence-corrected chi connectivity index (χ1v) is 25.2. The number of halogens is 6. The SMILES string of the molecule is CCCCc1c(CCCC)c2c3cc(F)c(F)cc3c3c(CCCC)c(CCCC)c4c5cc(F)c(F)cc5c5c(CCCC)c(CCCC)c6c7cc(F)c(F)cc7c1c1c2c3c4c5c61. The van der Waals surface area contributed by atoms with Crippen LogP contribution in [0.4, 0.5) is 26.3 Å². The fourth-order valence-corrected chi connectivity index (χ4v) is 12.5. The molecule has 0 saturated heterocycles. The maximum atomic E-state index is 16.2. The van der Waals surface area contributed by atoms with E-state index in [1.807, 2.05) is 0 Å². The Morgan fingerprint density at radius 2 is 0.364 bits per heavy atom. The molecule has 0 aliphatic carbocycles. The second kappa shape index (κ2) is 17.5. The van der Waals surface area contributed by atoms with E-state index in [9.17, 15) is 0 Å². The standard InChI is InChI=1S/C60H60F6/c1-7-13-19-31-32(20-14-8-2)50-39-27-45(63)46(64)28-40(39)52-35(23-17-11-5)36(24-18-12-6)54-42-30-48(66)47(65)29-41(42)53-34(22-16-10-4)33(21-15-9-3)51-38-26-44(62)43(61)25-37(38)49(31)55-56(50)58(52)60(54)59(53)57(51)55/h25-30H,7-24H2,1-6H3. The van der Waals surface area contributed by atoms with Crippen molar-refractivity contribution in [2.75, 3.05) is 0 Å². The Morgan fingerprint density at radius 1 is 0.227 bits per heavy atom. The highest BCUT2D eigenvalue weighted by atomic mass is 19.2. The van der Waals surface area contributed by atoms with Gasteiger partial charge in [-0.05, 0) is 244 Å². The molecular formula is C60H60F6. The summed E-state index contributed by atoms with van der Waals surface area (Å²) in [4.78, 5) is 0. The van der Waals surface area contributed by atoms with Crippen LogP contribution in [0.2, 0.25) is 0 Å². The highest BCUT2D eigenvalue weighted by Gasteiger charge is 2.34. The zero-order valence-electron chi connectivity index (χ0n) is 39.5. The maximum Gasteiger partial charge on any atom is 0.159 e. The van der Waals surface area contributed by atoms with Crippen molar-refractivity contribution >= 4 is 97.0 Å². The Morgan fingerprint density at radius 3 is 0.485 bits per heavy atom. The summed E-state index contributed by atoms with van der Waals surface area (Å²) < 4.78 is 97.4. The fourth-order valence-electron chi connectivity index (χ4n) is 12.5. The van der Waals surface area contributed by atoms with Crippen LogP contribution in [0, 0.1) is 34.9 Å². The predicted octanol–water partition coefficient (Wildman–Crippen LogP) is 19.3. The molecule has 0 heterocycles. The number of hydrogen-bond acceptors (Lipinski definition) is 0. The van der Waals surface area contributed by atoms with Gasteiger partial charge in [-0.2, -0.15) is 0 Å². The van der Waals surface area contributed by atoms with E-state index in [0.717, 1.165) is 175 Å². The smallest absolute Gasteiger partial charge is 0.159 e. The largest absolute Gasteiger partial charge is 0.204 e. The van der Waals surface area contributed by atoms with E-state index in [0.29, 0.717) is 70.8 Å². The van der Waals surface area contributed by atoms with Gasteiger partial charge in [0.1, 0.15) is 0 Å². The zero-order chi connectivity index (χ0) is 46.3. The molecule has 0 fully saturated rings. The summed E-state index contributed by atoms with van der Waals surface area (Å²) >= 11 is 0. The molecule has 66 heavy (non-hydrogen) atoms. The van der Waals surface area contributed by atoms with Crippen LogP contribution in [0.25, 0.3) is 97.0 Å². The first-order valence-electron chi connectivity index (χ1n) is 25.2. The van der Waals surface area contributed by atoms with Gasteiger partial charge in [-0.15, -0.1) is 0 Å². The van der Waals surface area contributed by atoms with Crippen LogP contribution in [-0.2, 0) is 38.5 Å². The van der Waals surface area contributed by atoms with E-state index in [1.54, 1.807) is 0 Å². The van der Waals surface area contributed by atoms with Crippen molar-refractivity contribution in [3.8, 4) is 0 Å². The summed E-state index contributed by atoms with van der Waals surface area (Å²) in [7, 11) is 0. The van der Waals surface area contributed by atoms with Crippen LogP contribution < -0.4 is 0 Å². The topological polar surface area (TPSA) is 0 Å². The van der Waals surface area contributed by atoms with Crippen molar-refractivity contribution in [2.24, 2.45) is 0 Å². The zero-order valence-corrected chi connectivity index (χ0v) is 39.5. The Hall–Kier alpha value is -5.10. The highest BCUT2D eigenvalue weighted by molar-refractivity contribution is 6.54. The molecule has 0 nitrogen and oxygen atoms in total. The van der Waals surface area contributed by atoms with Gasteiger partial charge in [0.25, 0.3) is 0 Å². The van der Waals surface area contributed by atoms with Crippen LogP contribution in [-0.4, -0.2) is 0 Å². The molecule has 0 amide bonds. The molecule has 0 bridgehead atoms. The van der Waals surface area contributed by atoms with Crippen molar-refractivity contribution < 1.29 is 26.3 Å². The monoisotopic (exact) mass is 894 g/mol. The van der Waals surface area contributed by atoms with Gasteiger partial charge in [0.15, 0.2) is 34.9 Å². The Bertz CT molecular complexity index is 2880. The lowest BCUT2D eigenvalue weighted by Crippen LogP contribution is -2.09. The molecule has 0 aromatic heterocycles. The van der Waals surface area contributed by atoms with E-state index in [1.165, 1.54) is 36.4 Å². The molecule has 0 aliphatic rings. The first-order chi connectivity index (χ1) is 32.1. The number of hydrogen-bond donors (Lipinski definition) is 0. The summed E-state index contributed by atoms with van der Waals surface area (Å²) in [5.41, 5.74) is 6.30. The minimum absolute atomic E-state index is 0.660. The van der Waals surface area contributed by atoms with E-state index in [4.69, 9.17) is 0 Å². The average molecular weight is 895 g/mol. The van der Waals surface area contributed by atoms with E-state index in [2.05, 4.69) is 41.5 Å². The van der Waals surface area contributed by atoms with E-state index in [-0.39, 0.29) is 0 Å². The van der Waals surface area contributed by atoms with Crippen LogP contribution in [0.1, 0.15) is 152 Å². The number of benzene rings is 10. The molecule has 0 spiro atoms. The van der Waals surface area contributed by atoms with Crippen LogP contribution in [0.3, 0.4) is 0 Å². The fraction of sp³-hybridized carbons (Fsp3) is 0.400. The average Bonchev–Trinajstić information content (AvgIpc) is 3.30. The first kappa shape index (κ1) is 44.7. The molecule has 0 atom stereocenters. The molecule has 0 aliphatic heterocycles. The summed E-state index contributed by atoms with van der Waals surface area (Å²) in [6.45, 7) is 12.9. The van der Waals surface area contributed by atoms with Crippen LogP contribution >= 0.6 is 0 Å². The third kappa shape index (κ3) is 6.45. The number of unbranched alkanes of at least 4 members (excludes halogenated alkanes) is 6. The van der Waals surface area contributed by atoms with Crippen molar-refractivity contribution in [1.29, 1.82) is 0 Å². The van der Waals surface area contributed by atoms with Crippen LogP contribution in [0.15, 0.2) is 36.4 Å². The third-order valence-electron chi connectivity index (χ3n) is 15.4. The van der Waals surface area contributed by atoms with Gasteiger partial charge >= 0.3 is 0 Å². The lowest BCUT2D eigenvalue weighted by molar-refractivity contribution is 0.511. The molecule has 342 valence electrons. The van der Waals surface area contributed by atoms with Gasteiger partial charge in [0.05, 0.1) is 0 Å². The molecule has 0 unspecified atom stereocenters. The molecule has 10 aromatic carbocycles. The minimum Gasteiger partial charge on any atom is -0.204 e. The summed E-state index contributed by atoms with van der Waals surface area (Å²) in [5.74, 6) is -5.45. The molecule has 0 N–H and O–H groups in total. The van der Waals surface area contributed by atoms with Gasteiger partial charge in [-0.3, -0.25) is 0 Å². The lowest BCUT2D eigenvalue weighted by atomic mass is 9.71. The Balaban J connectivity index is 1.71. The normalized spacial score (nSPS) is 12.7. The second-order valence-electron chi connectivity index (χ2n) is 19.4. The molecule has 0 radical (unpaired) electrons. The quantitative estimate of drug-likeness (QED) is 0.0457. The van der Waals surface area contributed by atoms with Crippen LogP contribution in [0.5, 0.6) is 0 Å². The number of fused-ring (bicyclic) bond motifs is 9. The molecule has 10 aromatic rings. The maximum absolute atomic E-state index is 16.2. The van der Waals surface area contributed by atoms with Gasteiger partial charge in [0, 0.05) is 0 Å². The van der Waals surface area contributed by atoms with Gasteiger partial charge in [0.2, 0.25) is 0 Å². The Labute approximate surface area is 383 Å². The van der Waals surface area contributed by atoms with Gasteiger partial charge < -0.3 is 0 Å². The molecule has 0 saturated carbocycles. The van der Waals surface area contributed by atoms with E-state index < -0.39 is 34.9 Å². The number of rotatable bonds is 18.